The number of hydrogen-bond donors (Lipinski definition) is 0. The largest absolute Gasteiger partial charge is 0.252 e. The highest BCUT2D eigenvalue weighted by molar-refractivity contribution is 7.25. The molecule has 0 unspecified atom stereocenters. The highest BCUT2D eigenvalue weighted by Gasteiger charge is 2.20. The summed E-state index contributed by atoms with van der Waals surface area (Å²) in [6.45, 7) is 4.24. The lowest BCUT2D eigenvalue weighted by molar-refractivity contribution is 1.15. The Balaban J connectivity index is 1.36. The molecule has 0 fully saturated rings. The minimum Gasteiger partial charge on any atom is -0.252 e. The predicted molar refractivity (Wildman–Crippen MR) is 189 cm³/mol. The van der Waals surface area contributed by atoms with Crippen LogP contribution in [0.3, 0.4) is 0 Å². The summed E-state index contributed by atoms with van der Waals surface area (Å²) >= 11 is 1.83. The molecule has 0 aliphatic carbocycles. The Labute approximate surface area is 266 Å². The van der Waals surface area contributed by atoms with E-state index >= 15 is 0 Å². The van der Waals surface area contributed by atoms with Crippen LogP contribution < -0.4 is 0 Å². The smallest absolute Gasteiger partial charge is 0.160 e. The molecule has 3 heterocycles. The van der Waals surface area contributed by atoms with Gasteiger partial charge in [0, 0.05) is 48.1 Å². The van der Waals surface area contributed by atoms with Gasteiger partial charge in [0.2, 0.25) is 0 Å². The quantitative estimate of drug-likeness (QED) is 0.199. The highest BCUT2D eigenvalue weighted by atomic mass is 32.1. The first-order chi connectivity index (χ1) is 22.1. The molecule has 0 aliphatic heterocycles. The van der Waals surface area contributed by atoms with Gasteiger partial charge in [-0.2, -0.15) is 0 Å². The number of pyridine rings is 1. The minimum absolute atomic E-state index is 0.695. The van der Waals surface area contributed by atoms with Crippen molar-refractivity contribution < 1.29 is 0 Å². The topological polar surface area (TPSA) is 38.7 Å². The summed E-state index contributed by atoms with van der Waals surface area (Å²) in [5, 5.41) is 2.50. The number of nitrogens with zero attached hydrogens (tertiary/aromatic N) is 3. The second-order valence-corrected chi connectivity index (χ2v) is 12.4. The van der Waals surface area contributed by atoms with Crippen molar-refractivity contribution in [2.24, 2.45) is 0 Å². The summed E-state index contributed by atoms with van der Waals surface area (Å²) in [5.74, 6) is 0.695. The molecule has 3 aromatic heterocycles. The number of thiophene rings is 1. The van der Waals surface area contributed by atoms with Crippen LogP contribution in [0, 0.1) is 13.8 Å². The fourth-order valence-electron chi connectivity index (χ4n) is 6.23. The SMILES string of the molecule is Cc1cc(C)c(-c2cc(-c3ccc(-c4ccccc4)cc3)nc(-c3ccccc3)n2)c(-c2cccc3sc4ccccc4c23)n1. The van der Waals surface area contributed by atoms with Crippen molar-refractivity contribution in [2.75, 3.05) is 0 Å². The maximum atomic E-state index is 5.22. The van der Waals surface area contributed by atoms with Crippen molar-refractivity contribution in [3.05, 3.63) is 151 Å². The molecule has 0 N–H and O–H groups in total. The highest BCUT2D eigenvalue weighted by Crippen LogP contribution is 2.43. The van der Waals surface area contributed by atoms with Crippen molar-refractivity contribution in [2.45, 2.75) is 13.8 Å². The Bertz CT molecular complexity index is 2320. The van der Waals surface area contributed by atoms with E-state index < -0.39 is 0 Å². The van der Waals surface area contributed by atoms with E-state index in [1.165, 1.54) is 31.3 Å². The monoisotopic (exact) mass is 595 g/mol. The molecule has 0 spiro atoms. The first kappa shape index (κ1) is 27.1. The third kappa shape index (κ3) is 4.99. The van der Waals surface area contributed by atoms with Gasteiger partial charge in [0.05, 0.1) is 17.1 Å². The van der Waals surface area contributed by atoms with Gasteiger partial charge in [0.1, 0.15) is 0 Å². The van der Waals surface area contributed by atoms with E-state index in [0.29, 0.717) is 5.82 Å². The van der Waals surface area contributed by atoms with E-state index in [-0.39, 0.29) is 0 Å². The Kier molecular flexibility index (Phi) is 6.77. The van der Waals surface area contributed by atoms with Gasteiger partial charge in [0.15, 0.2) is 5.82 Å². The molecule has 0 saturated carbocycles. The molecule has 8 rings (SSSR count). The lowest BCUT2D eigenvalue weighted by Crippen LogP contribution is -2.01. The summed E-state index contributed by atoms with van der Waals surface area (Å²) in [7, 11) is 0. The zero-order valence-electron chi connectivity index (χ0n) is 25.0. The summed E-state index contributed by atoms with van der Waals surface area (Å²) in [5.41, 5.74) is 11.4. The second kappa shape index (κ2) is 11.2. The molecule has 0 amide bonds. The zero-order chi connectivity index (χ0) is 30.3. The molecule has 0 atom stereocenters. The van der Waals surface area contributed by atoms with E-state index in [1.807, 2.05) is 35.6 Å². The molecule has 0 saturated heterocycles. The molecule has 214 valence electrons. The van der Waals surface area contributed by atoms with Crippen molar-refractivity contribution in [3.8, 4) is 56.3 Å². The van der Waals surface area contributed by atoms with Gasteiger partial charge in [-0.1, -0.05) is 115 Å². The van der Waals surface area contributed by atoms with Crippen LogP contribution in [0.5, 0.6) is 0 Å². The van der Waals surface area contributed by atoms with E-state index in [2.05, 4.69) is 129 Å². The predicted octanol–water partition coefficient (Wildman–Crippen LogP) is 11.2. The molecule has 8 aromatic rings. The third-order valence-electron chi connectivity index (χ3n) is 8.30. The molecule has 0 bridgehead atoms. The van der Waals surface area contributed by atoms with Crippen LogP contribution in [0.4, 0.5) is 0 Å². The average molecular weight is 596 g/mol. The van der Waals surface area contributed by atoms with Crippen molar-refractivity contribution in [1.29, 1.82) is 0 Å². The van der Waals surface area contributed by atoms with Gasteiger partial charge in [0.25, 0.3) is 0 Å². The van der Waals surface area contributed by atoms with Gasteiger partial charge in [-0.3, -0.25) is 4.98 Å². The van der Waals surface area contributed by atoms with Crippen molar-refractivity contribution in [3.63, 3.8) is 0 Å². The molecule has 5 aromatic carbocycles. The summed E-state index contributed by atoms with van der Waals surface area (Å²) in [6, 6.07) is 48.8. The number of aromatic nitrogens is 3. The average Bonchev–Trinajstić information content (AvgIpc) is 3.48. The molecule has 0 aliphatic rings. The van der Waals surface area contributed by atoms with Gasteiger partial charge in [-0.05, 0) is 54.8 Å². The third-order valence-corrected chi connectivity index (χ3v) is 9.44. The van der Waals surface area contributed by atoms with E-state index in [9.17, 15) is 0 Å². The lowest BCUT2D eigenvalue weighted by Gasteiger charge is -2.16. The number of rotatable bonds is 5. The fourth-order valence-corrected chi connectivity index (χ4v) is 7.36. The Hall–Kier alpha value is -5.45. The maximum absolute atomic E-state index is 5.22. The normalized spacial score (nSPS) is 11.3. The van der Waals surface area contributed by atoms with Crippen molar-refractivity contribution in [1.82, 2.24) is 15.0 Å². The number of benzene rings is 5. The van der Waals surface area contributed by atoms with Gasteiger partial charge < -0.3 is 0 Å². The summed E-state index contributed by atoms with van der Waals surface area (Å²) in [4.78, 5) is 15.5. The van der Waals surface area contributed by atoms with Crippen LogP contribution in [-0.2, 0) is 0 Å². The maximum Gasteiger partial charge on any atom is 0.160 e. The lowest BCUT2D eigenvalue weighted by atomic mass is 9.94. The molecule has 45 heavy (non-hydrogen) atoms. The molecular weight excluding hydrogens is 567 g/mol. The van der Waals surface area contributed by atoms with Crippen molar-refractivity contribution >= 4 is 31.5 Å². The standard InChI is InChI=1S/C41H29N3S/c1-26-24-27(2)42-40(33-17-11-19-37-39(33)32-16-9-10-18-36(32)45-37)38(26)35-25-34(43-41(44-35)31-14-7-4-8-15-31)30-22-20-29(21-23-30)28-12-5-3-6-13-28/h3-25H,1-2H3. The van der Waals surface area contributed by atoms with Crippen LogP contribution in [0.2, 0.25) is 0 Å². The number of aryl methyl sites for hydroxylation is 2. The van der Waals surface area contributed by atoms with Crippen LogP contribution in [0.1, 0.15) is 11.3 Å². The van der Waals surface area contributed by atoms with Crippen LogP contribution >= 0.6 is 11.3 Å². The molecule has 4 heteroatoms. The van der Waals surface area contributed by atoms with E-state index in [4.69, 9.17) is 15.0 Å². The molecule has 3 nitrogen and oxygen atoms in total. The number of hydrogen-bond acceptors (Lipinski definition) is 4. The van der Waals surface area contributed by atoms with Crippen LogP contribution in [0.15, 0.2) is 140 Å². The Morgan fingerprint density at radius 1 is 0.489 bits per heavy atom. The van der Waals surface area contributed by atoms with Gasteiger partial charge >= 0.3 is 0 Å². The Morgan fingerprint density at radius 3 is 1.89 bits per heavy atom. The van der Waals surface area contributed by atoms with Gasteiger partial charge in [-0.15, -0.1) is 11.3 Å². The fraction of sp³-hybridized carbons (Fsp3) is 0.0488. The van der Waals surface area contributed by atoms with Crippen LogP contribution in [0.25, 0.3) is 76.5 Å². The Morgan fingerprint density at radius 2 is 1.11 bits per heavy atom. The first-order valence-corrected chi connectivity index (χ1v) is 15.9. The minimum atomic E-state index is 0.695. The first-order valence-electron chi connectivity index (χ1n) is 15.1. The van der Waals surface area contributed by atoms with Crippen LogP contribution in [-0.4, -0.2) is 15.0 Å². The van der Waals surface area contributed by atoms with E-state index in [0.717, 1.165) is 50.6 Å². The van der Waals surface area contributed by atoms with Gasteiger partial charge in [-0.25, -0.2) is 9.97 Å². The number of fused-ring (bicyclic) bond motifs is 3. The summed E-state index contributed by atoms with van der Waals surface area (Å²) < 4.78 is 2.54. The van der Waals surface area contributed by atoms with E-state index in [1.54, 1.807) is 0 Å². The molecular formula is C41H29N3S. The molecule has 0 radical (unpaired) electrons. The second-order valence-electron chi connectivity index (χ2n) is 11.4. The zero-order valence-corrected chi connectivity index (χ0v) is 25.8. The summed E-state index contributed by atoms with van der Waals surface area (Å²) in [6.07, 6.45) is 0.